The van der Waals surface area contributed by atoms with E-state index >= 15 is 0 Å². The first-order valence-electron chi connectivity index (χ1n) is 4.39. The third kappa shape index (κ3) is 2.71. The van der Waals surface area contributed by atoms with E-state index in [-0.39, 0.29) is 0 Å². The summed E-state index contributed by atoms with van der Waals surface area (Å²) >= 11 is 3.47. The van der Waals surface area contributed by atoms with E-state index in [0.29, 0.717) is 6.54 Å². The fourth-order valence-electron chi connectivity index (χ4n) is 1.04. The number of hydrogen-bond acceptors (Lipinski definition) is 2. The Labute approximate surface area is 87.2 Å². The SMILES string of the molecule is CCCOc1cccc(CN)c1Br. The number of hydrogen-bond donors (Lipinski definition) is 1. The van der Waals surface area contributed by atoms with Crippen molar-refractivity contribution < 1.29 is 4.74 Å². The molecule has 0 saturated heterocycles. The molecule has 0 aliphatic carbocycles. The molecule has 3 heteroatoms. The normalized spacial score (nSPS) is 10.1. The Balaban J connectivity index is 2.81. The van der Waals surface area contributed by atoms with Crippen molar-refractivity contribution in [3.05, 3.63) is 28.2 Å². The summed E-state index contributed by atoms with van der Waals surface area (Å²) in [7, 11) is 0. The zero-order chi connectivity index (χ0) is 9.68. The van der Waals surface area contributed by atoms with Crippen LogP contribution in [0.2, 0.25) is 0 Å². The first-order valence-corrected chi connectivity index (χ1v) is 5.19. The molecule has 2 N–H and O–H groups in total. The first kappa shape index (κ1) is 10.5. The van der Waals surface area contributed by atoms with Gasteiger partial charge in [0, 0.05) is 6.54 Å². The lowest BCUT2D eigenvalue weighted by Gasteiger charge is -2.09. The molecule has 0 fully saturated rings. The molecule has 0 amide bonds. The molecular formula is C10H14BrNO. The van der Waals surface area contributed by atoms with Crippen molar-refractivity contribution in [2.24, 2.45) is 5.73 Å². The number of halogens is 1. The van der Waals surface area contributed by atoms with Crippen molar-refractivity contribution in [2.75, 3.05) is 6.61 Å². The van der Waals surface area contributed by atoms with Crippen LogP contribution in [0.4, 0.5) is 0 Å². The molecular weight excluding hydrogens is 230 g/mol. The Hall–Kier alpha value is -0.540. The molecule has 1 aromatic rings. The van der Waals surface area contributed by atoms with Crippen LogP contribution in [0.3, 0.4) is 0 Å². The molecule has 1 rings (SSSR count). The molecule has 0 unspecified atom stereocenters. The van der Waals surface area contributed by atoms with Gasteiger partial charge in [0.25, 0.3) is 0 Å². The van der Waals surface area contributed by atoms with Gasteiger partial charge in [-0.3, -0.25) is 0 Å². The quantitative estimate of drug-likeness (QED) is 0.883. The van der Waals surface area contributed by atoms with Gasteiger partial charge in [-0.15, -0.1) is 0 Å². The smallest absolute Gasteiger partial charge is 0.133 e. The summed E-state index contributed by atoms with van der Waals surface area (Å²) in [5.74, 6) is 0.879. The second kappa shape index (κ2) is 5.25. The molecule has 0 bridgehead atoms. The van der Waals surface area contributed by atoms with E-state index in [2.05, 4.69) is 22.9 Å². The van der Waals surface area contributed by atoms with Crippen LogP contribution >= 0.6 is 15.9 Å². The van der Waals surface area contributed by atoms with Crippen molar-refractivity contribution in [2.45, 2.75) is 19.9 Å². The zero-order valence-corrected chi connectivity index (χ0v) is 9.30. The molecule has 0 spiro atoms. The van der Waals surface area contributed by atoms with Gasteiger partial charge in [0.15, 0.2) is 0 Å². The summed E-state index contributed by atoms with van der Waals surface area (Å²) < 4.78 is 6.50. The van der Waals surface area contributed by atoms with Crippen LogP contribution in [0, 0.1) is 0 Å². The van der Waals surface area contributed by atoms with Gasteiger partial charge >= 0.3 is 0 Å². The van der Waals surface area contributed by atoms with Gasteiger partial charge in [-0.2, -0.15) is 0 Å². The third-order valence-electron chi connectivity index (χ3n) is 1.72. The Morgan fingerprint density at radius 2 is 2.23 bits per heavy atom. The van der Waals surface area contributed by atoms with Gasteiger partial charge in [0.1, 0.15) is 5.75 Å². The van der Waals surface area contributed by atoms with E-state index in [9.17, 15) is 0 Å². The Morgan fingerprint density at radius 3 is 2.85 bits per heavy atom. The number of ether oxygens (including phenoxy) is 1. The van der Waals surface area contributed by atoms with Crippen molar-refractivity contribution >= 4 is 15.9 Å². The zero-order valence-electron chi connectivity index (χ0n) is 7.72. The van der Waals surface area contributed by atoms with Gasteiger partial charge in [-0.1, -0.05) is 19.1 Å². The molecule has 0 aromatic heterocycles. The van der Waals surface area contributed by atoms with Crippen molar-refractivity contribution in [3.63, 3.8) is 0 Å². The maximum absolute atomic E-state index is 5.56. The first-order chi connectivity index (χ1) is 6.29. The molecule has 0 saturated carbocycles. The Bertz CT molecular complexity index is 276. The summed E-state index contributed by atoms with van der Waals surface area (Å²) in [6.45, 7) is 3.36. The predicted molar refractivity (Wildman–Crippen MR) is 57.8 cm³/mol. The molecule has 0 atom stereocenters. The topological polar surface area (TPSA) is 35.2 Å². The van der Waals surface area contributed by atoms with Crippen molar-refractivity contribution in [3.8, 4) is 5.75 Å². The van der Waals surface area contributed by atoms with Crippen LogP contribution in [0.15, 0.2) is 22.7 Å². The van der Waals surface area contributed by atoms with Crippen LogP contribution in [-0.4, -0.2) is 6.61 Å². The maximum atomic E-state index is 5.56. The lowest BCUT2D eigenvalue weighted by molar-refractivity contribution is 0.315. The summed E-state index contributed by atoms with van der Waals surface area (Å²) in [5.41, 5.74) is 6.64. The second-order valence-corrected chi connectivity index (χ2v) is 3.57. The monoisotopic (exact) mass is 243 g/mol. The molecule has 0 radical (unpaired) electrons. The minimum atomic E-state index is 0.532. The summed E-state index contributed by atoms with van der Waals surface area (Å²) in [4.78, 5) is 0. The van der Waals surface area contributed by atoms with Crippen molar-refractivity contribution in [1.82, 2.24) is 0 Å². The molecule has 2 nitrogen and oxygen atoms in total. The van der Waals surface area contributed by atoms with Crippen LogP contribution in [0.5, 0.6) is 5.75 Å². The third-order valence-corrected chi connectivity index (χ3v) is 2.62. The number of nitrogens with two attached hydrogens (primary N) is 1. The Morgan fingerprint density at radius 1 is 1.46 bits per heavy atom. The highest BCUT2D eigenvalue weighted by atomic mass is 79.9. The van der Waals surface area contributed by atoms with Gasteiger partial charge in [0.05, 0.1) is 11.1 Å². The van der Waals surface area contributed by atoms with Gasteiger partial charge in [0.2, 0.25) is 0 Å². The van der Waals surface area contributed by atoms with Crippen LogP contribution in [0.25, 0.3) is 0 Å². The largest absolute Gasteiger partial charge is 0.492 e. The van der Waals surface area contributed by atoms with E-state index < -0.39 is 0 Å². The summed E-state index contributed by atoms with van der Waals surface area (Å²) in [5, 5.41) is 0. The highest BCUT2D eigenvalue weighted by Crippen LogP contribution is 2.28. The van der Waals surface area contributed by atoms with E-state index in [1.165, 1.54) is 0 Å². The average Bonchev–Trinajstić information content (AvgIpc) is 2.16. The summed E-state index contributed by atoms with van der Waals surface area (Å²) in [6, 6.07) is 5.89. The summed E-state index contributed by atoms with van der Waals surface area (Å²) in [6.07, 6.45) is 1.01. The van der Waals surface area contributed by atoms with E-state index in [1.807, 2.05) is 18.2 Å². The standard InChI is InChI=1S/C10H14BrNO/c1-2-6-13-9-5-3-4-8(7-12)10(9)11/h3-5H,2,6-7,12H2,1H3. The highest BCUT2D eigenvalue weighted by Gasteiger charge is 2.04. The van der Waals surface area contributed by atoms with Crippen LogP contribution < -0.4 is 10.5 Å². The van der Waals surface area contributed by atoms with Gasteiger partial charge in [-0.05, 0) is 34.0 Å². The van der Waals surface area contributed by atoms with Gasteiger partial charge < -0.3 is 10.5 Å². The fourth-order valence-corrected chi connectivity index (χ4v) is 1.58. The van der Waals surface area contributed by atoms with E-state index in [0.717, 1.165) is 28.8 Å². The van der Waals surface area contributed by atoms with Crippen LogP contribution in [0.1, 0.15) is 18.9 Å². The number of benzene rings is 1. The van der Waals surface area contributed by atoms with Gasteiger partial charge in [-0.25, -0.2) is 0 Å². The lowest BCUT2D eigenvalue weighted by atomic mass is 10.2. The fraction of sp³-hybridized carbons (Fsp3) is 0.400. The lowest BCUT2D eigenvalue weighted by Crippen LogP contribution is -2.01. The van der Waals surface area contributed by atoms with E-state index in [1.54, 1.807) is 0 Å². The molecule has 0 aliphatic rings. The van der Waals surface area contributed by atoms with Crippen LogP contribution in [-0.2, 0) is 6.54 Å². The molecule has 72 valence electrons. The second-order valence-electron chi connectivity index (χ2n) is 2.78. The maximum Gasteiger partial charge on any atom is 0.133 e. The molecule has 1 aromatic carbocycles. The minimum Gasteiger partial charge on any atom is -0.492 e. The van der Waals surface area contributed by atoms with E-state index in [4.69, 9.17) is 10.5 Å². The average molecular weight is 244 g/mol. The minimum absolute atomic E-state index is 0.532. The Kier molecular flexibility index (Phi) is 4.25. The molecule has 13 heavy (non-hydrogen) atoms. The molecule has 0 aliphatic heterocycles. The van der Waals surface area contributed by atoms with Crippen molar-refractivity contribution in [1.29, 1.82) is 0 Å². The highest BCUT2D eigenvalue weighted by molar-refractivity contribution is 9.10. The predicted octanol–water partition coefficient (Wildman–Crippen LogP) is 2.70. The molecule has 0 heterocycles. The number of rotatable bonds is 4.